The van der Waals surface area contributed by atoms with Crippen LogP contribution in [-0.4, -0.2) is 44.0 Å². The molecule has 1 aliphatic rings. The van der Waals surface area contributed by atoms with Crippen LogP contribution in [0.3, 0.4) is 0 Å². The number of rotatable bonds is 5. The van der Waals surface area contributed by atoms with E-state index in [1.807, 2.05) is 0 Å². The van der Waals surface area contributed by atoms with Gasteiger partial charge < -0.3 is 10.0 Å². The molecule has 6 nitrogen and oxygen atoms in total. The van der Waals surface area contributed by atoms with Crippen molar-refractivity contribution in [1.82, 2.24) is 4.90 Å². The minimum atomic E-state index is -3.93. The van der Waals surface area contributed by atoms with Crippen molar-refractivity contribution in [3.63, 3.8) is 0 Å². The third-order valence-electron chi connectivity index (χ3n) is 4.91. The molecular weight excluding hydrogens is 383 g/mol. The van der Waals surface area contributed by atoms with Crippen molar-refractivity contribution in [2.75, 3.05) is 24.4 Å². The number of amides is 1. The van der Waals surface area contributed by atoms with Gasteiger partial charge in [0, 0.05) is 30.9 Å². The quantitative estimate of drug-likeness (QED) is 0.799. The number of sulfonamides is 1. The van der Waals surface area contributed by atoms with E-state index < -0.39 is 15.8 Å². The second-order valence-electron chi connectivity index (χ2n) is 7.03. The van der Waals surface area contributed by atoms with Gasteiger partial charge in [-0.1, -0.05) is 6.07 Å². The fraction of sp³-hybridized carbons (Fsp3) is 0.350. The van der Waals surface area contributed by atoms with Gasteiger partial charge >= 0.3 is 0 Å². The number of halogens is 1. The number of hydrogen-bond donors (Lipinski definition) is 2. The van der Waals surface area contributed by atoms with Crippen molar-refractivity contribution in [3.8, 4) is 0 Å². The Hall–Kier alpha value is -2.45. The average molecular weight is 406 g/mol. The Bertz CT molecular complexity index is 961. The Morgan fingerprint density at radius 2 is 1.96 bits per heavy atom. The van der Waals surface area contributed by atoms with Crippen LogP contribution in [0.2, 0.25) is 0 Å². The van der Waals surface area contributed by atoms with Crippen molar-refractivity contribution in [2.45, 2.75) is 24.7 Å². The van der Waals surface area contributed by atoms with Crippen molar-refractivity contribution >= 4 is 21.6 Å². The van der Waals surface area contributed by atoms with E-state index in [1.165, 1.54) is 24.3 Å². The van der Waals surface area contributed by atoms with Gasteiger partial charge in [0.2, 0.25) is 0 Å². The molecule has 8 heteroatoms. The van der Waals surface area contributed by atoms with Gasteiger partial charge in [-0.05, 0) is 67.6 Å². The highest BCUT2D eigenvalue weighted by Gasteiger charge is 2.26. The van der Waals surface area contributed by atoms with Gasteiger partial charge in [-0.3, -0.25) is 9.52 Å². The minimum absolute atomic E-state index is 0.0266. The number of piperidine rings is 1. The molecule has 0 bridgehead atoms. The first-order chi connectivity index (χ1) is 13.3. The zero-order chi connectivity index (χ0) is 20.3. The molecule has 150 valence electrons. The molecule has 1 unspecified atom stereocenters. The molecule has 1 amide bonds. The maximum Gasteiger partial charge on any atom is 0.261 e. The summed E-state index contributed by atoms with van der Waals surface area (Å²) in [4.78, 5) is 14.6. The Balaban J connectivity index is 1.86. The lowest BCUT2D eigenvalue weighted by molar-refractivity contribution is 0.0620. The summed E-state index contributed by atoms with van der Waals surface area (Å²) in [5.74, 6) is -0.659. The maximum absolute atomic E-state index is 13.0. The van der Waals surface area contributed by atoms with Crippen LogP contribution in [0.1, 0.15) is 28.8 Å². The molecule has 1 heterocycles. The lowest BCUT2D eigenvalue weighted by Gasteiger charge is -2.32. The number of benzene rings is 2. The predicted octanol–water partition coefficient (Wildman–Crippen LogP) is 2.78. The summed E-state index contributed by atoms with van der Waals surface area (Å²) in [5, 5.41) is 9.37. The molecule has 0 spiro atoms. The lowest BCUT2D eigenvalue weighted by atomic mass is 9.97. The van der Waals surface area contributed by atoms with Gasteiger partial charge in [0.15, 0.2) is 0 Å². The third kappa shape index (κ3) is 4.51. The van der Waals surface area contributed by atoms with Crippen molar-refractivity contribution < 1.29 is 22.7 Å². The van der Waals surface area contributed by atoms with Crippen LogP contribution < -0.4 is 4.72 Å². The van der Waals surface area contributed by atoms with Gasteiger partial charge in [0.05, 0.1) is 4.90 Å². The summed E-state index contributed by atoms with van der Waals surface area (Å²) in [7, 11) is -3.93. The molecule has 2 aromatic carbocycles. The molecular formula is C20H23FN2O4S. The van der Waals surface area contributed by atoms with E-state index >= 15 is 0 Å². The van der Waals surface area contributed by atoms with Crippen LogP contribution in [0.4, 0.5) is 10.1 Å². The Labute approximate surface area is 164 Å². The van der Waals surface area contributed by atoms with Crippen LogP contribution in [-0.2, 0) is 10.0 Å². The molecule has 0 aliphatic carbocycles. The molecule has 2 aromatic rings. The smallest absolute Gasteiger partial charge is 0.261 e. The summed E-state index contributed by atoms with van der Waals surface area (Å²) in [6, 6.07) is 9.38. The zero-order valence-electron chi connectivity index (χ0n) is 15.6. The van der Waals surface area contributed by atoms with E-state index in [9.17, 15) is 22.7 Å². The van der Waals surface area contributed by atoms with E-state index in [1.54, 1.807) is 17.9 Å². The number of aliphatic hydroxyl groups excluding tert-OH is 1. The molecule has 0 saturated carbocycles. The van der Waals surface area contributed by atoms with Gasteiger partial charge in [0.1, 0.15) is 5.82 Å². The highest BCUT2D eigenvalue weighted by molar-refractivity contribution is 7.92. The van der Waals surface area contributed by atoms with Crippen LogP contribution >= 0.6 is 0 Å². The van der Waals surface area contributed by atoms with Gasteiger partial charge in [-0.2, -0.15) is 0 Å². The molecule has 3 rings (SSSR count). The number of aryl methyl sites for hydroxylation is 1. The second-order valence-corrected chi connectivity index (χ2v) is 8.71. The van der Waals surface area contributed by atoms with Crippen LogP contribution in [0.5, 0.6) is 0 Å². The maximum atomic E-state index is 13.0. The SMILES string of the molecule is Cc1ccc(S(=O)(=O)Nc2ccc(F)cc2)cc1C(=O)N1CCCC(CO)C1. The van der Waals surface area contributed by atoms with Crippen molar-refractivity contribution in [1.29, 1.82) is 0 Å². The minimum Gasteiger partial charge on any atom is -0.396 e. The van der Waals surface area contributed by atoms with Crippen molar-refractivity contribution in [3.05, 3.63) is 59.4 Å². The van der Waals surface area contributed by atoms with Crippen LogP contribution in [0.15, 0.2) is 47.4 Å². The molecule has 2 N–H and O–H groups in total. The first-order valence-electron chi connectivity index (χ1n) is 9.09. The number of anilines is 1. The van der Waals surface area contributed by atoms with E-state index in [2.05, 4.69) is 4.72 Å². The highest BCUT2D eigenvalue weighted by Crippen LogP contribution is 2.23. The molecule has 1 atom stereocenters. The number of nitrogens with zero attached hydrogens (tertiary/aromatic N) is 1. The first-order valence-corrected chi connectivity index (χ1v) is 10.6. The Kier molecular flexibility index (Phi) is 6.00. The highest BCUT2D eigenvalue weighted by atomic mass is 32.2. The molecule has 28 heavy (non-hydrogen) atoms. The van der Waals surface area contributed by atoms with E-state index in [0.717, 1.165) is 25.0 Å². The van der Waals surface area contributed by atoms with E-state index in [-0.39, 0.29) is 29.0 Å². The van der Waals surface area contributed by atoms with Crippen LogP contribution in [0.25, 0.3) is 0 Å². The second kappa shape index (κ2) is 8.28. The monoisotopic (exact) mass is 406 g/mol. The Morgan fingerprint density at radius 1 is 1.25 bits per heavy atom. The van der Waals surface area contributed by atoms with E-state index in [4.69, 9.17) is 0 Å². The number of nitrogens with one attached hydrogen (secondary N) is 1. The number of carbonyl (C=O) groups excluding carboxylic acids is 1. The molecule has 0 aromatic heterocycles. The topological polar surface area (TPSA) is 86.7 Å². The summed E-state index contributed by atoms with van der Waals surface area (Å²) in [6.45, 7) is 2.82. The predicted molar refractivity (Wildman–Crippen MR) is 104 cm³/mol. The average Bonchev–Trinajstić information content (AvgIpc) is 2.69. The molecule has 1 saturated heterocycles. The van der Waals surface area contributed by atoms with Gasteiger partial charge in [-0.25, -0.2) is 12.8 Å². The summed E-state index contributed by atoms with van der Waals surface area (Å²) in [6.07, 6.45) is 1.68. The Morgan fingerprint density at radius 3 is 2.64 bits per heavy atom. The summed E-state index contributed by atoms with van der Waals surface area (Å²) in [5.41, 5.74) is 1.23. The first kappa shape index (κ1) is 20.3. The zero-order valence-corrected chi connectivity index (χ0v) is 16.4. The number of hydrogen-bond acceptors (Lipinski definition) is 4. The standard InChI is InChI=1S/C20H23FN2O4S/c1-14-4-9-18(28(26,27)22-17-7-5-16(21)6-8-17)11-19(14)20(25)23-10-2-3-15(12-23)13-24/h4-9,11,15,22,24H,2-3,10,12-13H2,1H3. The van der Waals surface area contributed by atoms with Gasteiger partial charge in [-0.15, -0.1) is 0 Å². The summed E-state index contributed by atoms with van der Waals surface area (Å²) < 4.78 is 40.8. The molecule has 0 radical (unpaired) electrons. The van der Waals surface area contributed by atoms with Crippen molar-refractivity contribution in [2.24, 2.45) is 5.92 Å². The molecule has 1 aliphatic heterocycles. The molecule has 1 fully saturated rings. The lowest BCUT2D eigenvalue weighted by Crippen LogP contribution is -2.41. The fourth-order valence-corrected chi connectivity index (χ4v) is 4.38. The van der Waals surface area contributed by atoms with Crippen LogP contribution in [0, 0.1) is 18.7 Å². The number of aliphatic hydroxyl groups is 1. The normalized spacial score (nSPS) is 17.4. The summed E-state index contributed by atoms with van der Waals surface area (Å²) >= 11 is 0. The number of carbonyl (C=O) groups is 1. The number of likely N-dealkylation sites (tertiary alicyclic amines) is 1. The van der Waals surface area contributed by atoms with E-state index in [0.29, 0.717) is 24.2 Å². The van der Waals surface area contributed by atoms with Gasteiger partial charge in [0.25, 0.3) is 15.9 Å². The fourth-order valence-electron chi connectivity index (χ4n) is 3.30. The third-order valence-corrected chi connectivity index (χ3v) is 6.29. The largest absolute Gasteiger partial charge is 0.396 e.